The van der Waals surface area contributed by atoms with Crippen molar-refractivity contribution in [2.45, 2.75) is 37.3 Å². The first-order chi connectivity index (χ1) is 9.77. The maximum Gasteiger partial charge on any atom is 0.352 e. The molecule has 1 aromatic rings. The number of aromatic nitrogens is 1. The van der Waals surface area contributed by atoms with Crippen molar-refractivity contribution < 1.29 is 23.1 Å². The number of nitrogens with zero attached hydrogens (tertiary/aromatic N) is 2. The van der Waals surface area contributed by atoms with Gasteiger partial charge in [-0.3, -0.25) is 0 Å². The van der Waals surface area contributed by atoms with Crippen LogP contribution in [0.1, 0.15) is 30.8 Å². The number of aryl methyl sites for hydroxylation is 1. The third kappa shape index (κ3) is 2.97. The topological polar surface area (TPSA) is 88.8 Å². The summed E-state index contributed by atoms with van der Waals surface area (Å²) in [4.78, 5) is 11.1. The van der Waals surface area contributed by atoms with E-state index in [1.54, 1.807) is 0 Å². The molecule has 0 spiro atoms. The van der Waals surface area contributed by atoms with E-state index in [1.807, 2.05) is 13.8 Å². The Bertz CT molecular complexity index is 637. The molecule has 0 bridgehead atoms. The van der Waals surface area contributed by atoms with Crippen LogP contribution in [0.3, 0.4) is 0 Å². The molecule has 1 aromatic heterocycles. The molecule has 2 unspecified atom stereocenters. The Morgan fingerprint density at radius 2 is 2.19 bits per heavy atom. The zero-order valence-corrected chi connectivity index (χ0v) is 13.1. The highest BCUT2D eigenvalue weighted by Crippen LogP contribution is 2.25. The van der Waals surface area contributed by atoms with Gasteiger partial charge in [-0.1, -0.05) is 6.92 Å². The molecule has 8 heteroatoms. The van der Waals surface area contributed by atoms with Crippen LogP contribution in [0.4, 0.5) is 0 Å². The first-order valence-electron chi connectivity index (χ1n) is 6.80. The van der Waals surface area contributed by atoms with Gasteiger partial charge in [0.25, 0.3) is 0 Å². The zero-order chi connectivity index (χ0) is 15.8. The van der Waals surface area contributed by atoms with Crippen molar-refractivity contribution in [1.82, 2.24) is 8.87 Å². The molecule has 1 N–H and O–H groups in total. The zero-order valence-electron chi connectivity index (χ0n) is 12.3. The fourth-order valence-corrected chi connectivity index (χ4v) is 4.28. The van der Waals surface area contributed by atoms with E-state index in [2.05, 4.69) is 0 Å². The van der Waals surface area contributed by atoms with Crippen molar-refractivity contribution in [2.24, 2.45) is 7.05 Å². The van der Waals surface area contributed by atoms with Crippen LogP contribution in [0.25, 0.3) is 0 Å². The normalized spacial score (nSPS) is 24.1. The van der Waals surface area contributed by atoms with Crippen LogP contribution >= 0.6 is 0 Å². The number of sulfonamides is 1. The lowest BCUT2D eigenvalue weighted by atomic mass is 10.2. The molecule has 2 heterocycles. The van der Waals surface area contributed by atoms with Gasteiger partial charge in [-0.15, -0.1) is 0 Å². The van der Waals surface area contributed by atoms with Crippen LogP contribution in [-0.4, -0.2) is 53.7 Å². The largest absolute Gasteiger partial charge is 0.477 e. The van der Waals surface area contributed by atoms with Crippen LogP contribution in [-0.2, 0) is 21.8 Å². The van der Waals surface area contributed by atoms with Crippen LogP contribution in [0, 0.1) is 0 Å². The Balaban J connectivity index is 2.40. The molecule has 2 atom stereocenters. The number of rotatable bonds is 4. The Morgan fingerprint density at radius 1 is 1.52 bits per heavy atom. The van der Waals surface area contributed by atoms with Crippen molar-refractivity contribution in [3.05, 3.63) is 18.0 Å². The molecule has 118 valence electrons. The van der Waals surface area contributed by atoms with Gasteiger partial charge in [-0.05, 0) is 19.4 Å². The predicted molar refractivity (Wildman–Crippen MR) is 75.8 cm³/mol. The summed E-state index contributed by atoms with van der Waals surface area (Å²) in [6.07, 6.45) is 1.81. The minimum absolute atomic E-state index is 0.00921. The van der Waals surface area contributed by atoms with E-state index in [-0.39, 0.29) is 29.3 Å². The Morgan fingerprint density at radius 3 is 2.71 bits per heavy atom. The SMILES string of the molecule is CCC1COC(C)CN1S(=O)(=O)c1cc(C(=O)O)n(C)c1. The second-order valence-electron chi connectivity index (χ2n) is 5.26. The number of hydrogen-bond acceptors (Lipinski definition) is 4. The highest BCUT2D eigenvalue weighted by molar-refractivity contribution is 7.89. The lowest BCUT2D eigenvalue weighted by molar-refractivity contribution is -0.0230. The van der Waals surface area contributed by atoms with Crippen molar-refractivity contribution in [1.29, 1.82) is 0 Å². The van der Waals surface area contributed by atoms with Gasteiger partial charge in [0.2, 0.25) is 10.0 Å². The summed E-state index contributed by atoms with van der Waals surface area (Å²) in [5, 5.41) is 9.05. The molecule has 0 amide bonds. The van der Waals surface area contributed by atoms with Crippen molar-refractivity contribution >= 4 is 16.0 Å². The first-order valence-corrected chi connectivity index (χ1v) is 8.24. The van der Waals surface area contributed by atoms with Crippen LogP contribution in [0.2, 0.25) is 0 Å². The van der Waals surface area contributed by atoms with E-state index in [0.29, 0.717) is 13.0 Å². The highest BCUT2D eigenvalue weighted by Gasteiger charge is 2.36. The molecule has 1 aliphatic rings. The maximum absolute atomic E-state index is 12.8. The molecule has 1 fully saturated rings. The van der Waals surface area contributed by atoms with E-state index in [4.69, 9.17) is 9.84 Å². The number of morpholine rings is 1. The monoisotopic (exact) mass is 316 g/mol. The van der Waals surface area contributed by atoms with E-state index < -0.39 is 16.0 Å². The molecular weight excluding hydrogens is 296 g/mol. The van der Waals surface area contributed by atoms with Gasteiger partial charge in [0.05, 0.1) is 12.7 Å². The number of carboxylic acids is 1. The van der Waals surface area contributed by atoms with Gasteiger partial charge in [0, 0.05) is 25.8 Å². The average Bonchev–Trinajstić information content (AvgIpc) is 2.81. The second-order valence-corrected chi connectivity index (χ2v) is 7.15. The first kappa shape index (κ1) is 16.0. The van der Waals surface area contributed by atoms with Gasteiger partial charge >= 0.3 is 5.97 Å². The maximum atomic E-state index is 12.8. The molecule has 0 saturated carbocycles. The summed E-state index contributed by atoms with van der Waals surface area (Å²) >= 11 is 0. The van der Waals surface area contributed by atoms with Crippen molar-refractivity contribution in [3.8, 4) is 0 Å². The number of carboxylic acid groups (broad SMARTS) is 1. The third-order valence-corrected chi connectivity index (χ3v) is 5.58. The summed E-state index contributed by atoms with van der Waals surface area (Å²) < 4.78 is 33.7. The van der Waals surface area contributed by atoms with Gasteiger partial charge in [0.15, 0.2) is 0 Å². The van der Waals surface area contributed by atoms with Gasteiger partial charge < -0.3 is 14.4 Å². The number of ether oxygens (including phenoxy) is 1. The molecular formula is C13H20N2O5S. The molecule has 21 heavy (non-hydrogen) atoms. The molecule has 0 aliphatic carbocycles. The van der Waals surface area contributed by atoms with E-state index >= 15 is 0 Å². The quantitative estimate of drug-likeness (QED) is 0.892. The Labute approximate surface area is 124 Å². The fourth-order valence-electron chi connectivity index (χ4n) is 2.45. The number of aromatic carboxylic acids is 1. The predicted octanol–water partition coefficient (Wildman–Crippen LogP) is 0.911. The average molecular weight is 316 g/mol. The number of carbonyl (C=O) groups is 1. The Hall–Kier alpha value is -1.38. The second kappa shape index (κ2) is 5.78. The van der Waals surface area contributed by atoms with Crippen molar-refractivity contribution in [3.63, 3.8) is 0 Å². The summed E-state index contributed by atoms with van der Waals surface area (Å²) in [5.74, 6) is -1.15. The van der Waals surface area contributed by atoms with Crippen molar-refractivity contribution in [2.75, 3.05) is 13.2 Å². The van der Waals surface area contributed by atoms with E-state index in [0.717, 1.165) is 0 Å². The lowest BCUT2D eigenvalue weighted by Gasteiger charge is -2.36. The molecule has 0 radical (unpaired) electrons. The van der Waals surface area contributed by atoms with Crippen LogP contribution in [0.15, 0.2) is 17.2 Å². The summed E-state index contributed by atoms with van der Waals surface area (Å²) in [6, 6.07) is 0.976. The fraction of sp³-hybridized carbons (Fsp3) is 0.615. The highest BCUT2D eigenvalue weighted by atomic mass is 32.2. The van der Waals surface area contributed by atoms with Gasteiger partial charge in [-0.2, -0.15) is 4.31 Å². The van der Waals surface area contributed by atoms with Gasteiger partial charge in [-0.25, -0.2) is 13.2 Å². The standard InChI is InChI=1S/C13H20N2O5S/c1-4-10-8-20-9(2)6-15(10)21(18,19)11-5-12(13(16)17)14(3)7-11/h5,7,9-10H,4,6,8H2,1-3H3,(H,16,17). The minimum Gasteiger partial charge on any atom is -0.477 e. The minimum atomic E-state index is -3.72. The van der Waals surface area contributed by atoms with Gasteiger partial charge in [0.1, 0.15) is 10.6 Å². The molecule has 2 rings (SSSR count). The smallest absolute Gasteiger partial charge is 0.352 e. The van der Waals surface area contributed by atoms with Crippen LogP contribution < -0.4 is 0 Å². The van der Waals surface area contributed by atoms with E-state index in [1.165, 1.54) is 28.2 Å². The summed E-state index contributed by atoms with van der Waals surface area (Å²) in [5.41, 5.74) is -0.0528. The molecule has 0 aromatic carbocycles. The Kier molecular flexibility index (Phi) is 4.40. The third-order valence-electron chi connectivity index (χ3n) is 3.69. The molecule has 1 saturated heterocycles. The number of hydrogen-bond donors (Lipinski definition) is 1. The summed E-state index contributed by atoms with van der Waals surface area (Å²) in [7, 11) is -2.21. The lowest BCUT2D eigenvalue weighted by Crippen LogP contribution is -2.51. The summed E-state index contributed by atoms with van der Waals surface area (Å²) in [6.45, 7) is 4.36. The molecule has 7 nitrogen and oxygen atoms in total. The van der Waals surface area contributed by atoms with Crippen LogP contribution in [0.5, 0.6) is 0 Å². The molecule has 1 aliphatic heterocycles. The van der Waals surface area contributed by atoms with E-state index in [9.17, 15) is 13.2 Å².